The van der Waals surface area contributed by atoms with Crippen molar-refractivity contribution >= 4 is 17.3 Å². The van der Waals surface area contributed by atoms with Crippen LogP contribution in [0.3, 0.4) is 0 Å². The topological polar surface area (TPSA) is 18.5 Å². The lowest BCUT2D eigenvalue weighted by atomic mass is 10.2. The Morgan fingerprint density at radius 2 is 1.88 bits per heavy atom. The summed E-state index contributed by atoms with van der Waals surface area (Å²) in [6.45, 7) is 8.15. The molecule has 17 heavy (non-hydrogen) atoms. The number of hydrogen-bond donors (Lipinski definition) is 1. The van der Waals surface area contributed by atoms with Gasteiger partial charge in [-0.15, -0.1) is 0 Å². The normalized spacial score (nSPS) is 18.9. The number of thiocarbonyl (C=S) groups is 1. The van der Waals surface area contributed by atoms with Crippen LogP contribution >= 0.6 is 12.2 Å². The highest BCUT2D eigenvalue weighted by Gasteiger charge is 2.38. The standard InChI is InChI=1S/C13H19N3S/c1-4-15-12(17)16(14-13(15,2)3)10-11-8-6-5-7-9-11/h5-9,14H,4,10H2,1-3H3. The predicted octanol–water partition coefficient (Wildman–Crippen LogP) is 2.35. The highest BCUT2D eigenvalue weighted by atomic mass is 32.1. The predicted molar refractivity (Wildman–Crippen MR) is 74.2 cm³/mol. The second-order valence-corrected chi connectivity index (χ2v) is 5.13. The number of hydrazine groups is 1. The summed E-state index contributed by atoms with van der Waals surface area (Å²) < 4.78 is 0. The van der Waals surface area contributed by atoms with Gasteiger partial charge in [0.1, 0.15) is 5.66 Å². The first-order chi connectivity index (χ1) is 8.04. The molecule has 4 heteroatoms. The minimum absolute atomic E-state index is 0.0966. The summed E-state index contributed by atoms with van der Waals surface area (Å²) >= 11 is 5.50. The van der Waals surface area contributed by atoms with Crippen molar-refractivity contribution in [3.8, 4) is 0 Å². The van der Waals surface area contributed by atoms with E-state index in [1.165, 1.54) is 5.56 Å². The van der Waals surface area contributed by atoms with Gasteiger partial charge in [0.15, 0.2) is 5.11 Å². The van der Waals surface area contributed by atoms with E-state index in [0.29, 0.717) is 0 Å². The van der Waals surface area contributed by atoms with Crippen molar-refractivity contribution in [2.45, 2.75) is 33.0 Å². The van der Waals surface area contributed by atoms with E-state index in [1.54, 1.807) is 0 Å². The summed E-state index contributed by atoms with van der Waals surface area (Å²) in [4.78, 5) is 2.20. The molecule has 0 aromatic heterocycles. The fourth-order valence-electron chi connectivity index (χ4n) is 2.23. The van der Waals surface area contributed by atoms with Crippen LogP contribution in [0.5, 0.6) is 0 Å². The Morgan fingerprint density at radius 3 is 2.41 bits per heavy atom. The smallest absolute Gasteiger partial charge is 0.188 e. The van der Waals surface area contributed by atoms with Gasteiger partial charge in [-0.3, -0.25) is 5.01 Å². The van der Waals surface area contributed by atoms with Gasteiger partial charge in [0.2, 0.25) is 0 Å². The van der Waals surface area contributed by atoms with Crippen LogP contribution in [0.1, 0.15) is 26.3 Å². The maximum Gasteiger partial charge on any atom is 0.188 e. The fraction of sp³-hybridized carbons (Fsp3) is 0.462. The molecule has 0 aliphatic carbocycles. The average molecular weight is 249 g/mol. The summed E-state index contributed by atoms with van der Waals surface area (Å²) in [6, 6.07) is 10.4. The quantitative estimate of drug-likeness (QED) is 0.829. The molecule has 0 atom stereocenters. The van der Waals surface area contributed by atoms with Gasteiger partial charge < -0.3 is 4.90 Å². The molecule has 3 nitrogen and oxygen atoms in total. The lowest BCUT2D eigenvalue weighted by molar-refractivity contribution is 0.170. The van der Waals surface area contributed by atoms with E-state index in [9.17, 15) is 0 Å². The third-order valence-electron chi connectivity index (χ3n) is 3.04. The van der Waals surface area contributed by atoms with E-state index < -0.39 is 0 Å². The molecule has 0 bridgehead atoms. The van der Waals surface area contributed by atoms with Crippen LogP contribution in [0.2, 0.25) is 0 Å². The van der Waals surface area contributed by atoms with Crippen molar-refractivity contribution in [3.05, 3.63) is 35.9 Å². The molecule has 0 spiro atoms. The molecular weight excluding hydrogens is 230 g/mol. The lowest BCUT2D eigenvalue weighted by Crippen LogP contribution is -2.47. The van der Waals surface area contributed by atoms with Gasteiger partial charge in [0.05, 0.1) is 6.54 Å². The largest absolute Gasteiger partial charge is 0.329 e. The van der Waals surface area contributed by atoms with E-state index in [2.05, 4.69) is 55.4 Å². The number of hydrogen-bond acceptors (Lipinski definition) is 2. The van der Waals surface area contributed by atoms with Gasteiger partial charge in [-0.05, 0) is 38.6 Å². The Labute approximate surface area is 108 Å². The minimum Gasteiger partial charge on any atom is -0.329 e. The van der Waals surface area contributed by atoms with Crippen LogP contribution in [-0.2, 0) is 6.54 Å². The van der Waals surface area contributed by atoms with Crippen LogP contribution in [0.25, 0.3) is 0 Å². The Hall–Kier alpha value is -1.13. The van der Waals surface area contributed by atoms with Crippen molar-refractivity contribution in [2.75, 3.05) is 6.54 Å². The molecule has 1 aliphatic rings. The van der Waals surface area contributed by atoms with Crippen molar-refractivity contribution < 1.29 is 0 Å². The maximum atomic E-state index is 5.50. The minimum atomic E-state index is -0.0966. The molecular formula is C13H19N3S. The molecule has 1 saturated heterocycles. The number of nitrogens with one attached hydrogen (secondary N) is 1. The highest BCUT2D eigenvalue weighted by Crippen LogP contribution is 2.22. The molecule has 2 rings (SSSR count). The third kappa shape index (κ3) is 2.42. The molecule has 0 radical (unpaired) electrons. The van der Waals surface area contributed by atoms with Crippen molar-refractivity contribution in [3.63, 3.8) is 0 Å². The van der Waals surface area contributed by atoms with E-state index in [-0.39, 0.29) is 5.66 Å². The van der Waals surface area contributed by atoms with Crippen LogP contribution in [-0.4, -0.2) is 27.2 Å². The van der Waals surface area contributed by atoms with Crippen molar-refractivity contribution in [2.24, 2.45) is 0 Å². The molecule has 92 valence electrons. The van der Waals surface area contributed by atoms with E-state index in [0.717, 1.165) is 18.2 Å². The van der Waals surface area contributed by atoms with Gasteiger partial charge in [-0.2, -0.15) is 0 Å². The molecule has 1 aliphatic heterocycles. The summed E-state index contributed by atoms with van der Waals surface area (Å²) in [5.41, 5.74) is 4.61. The zero-order chi connectivity index (χ0) is 12.5. The monoisotopic (exact) mass is 249 g/mol. The summed E-state index contributed by atoms with van der Waals surface area (Å²) in [5.74, 6) is 0. The zero-order valence-electron chi connectivity index (χ0n) is 10.6. The maximum absolute atomic E-state index is 5.50. The number of nitrogens with zero attached hydrogens (tertiary/aromatic N) is 2. The summed E-state index contributed by atoms with van der Waals surface area (Å²) in [7, 11) is 0. The average Bonchev–Trinajstić information content (AvgIpc) is 2.50. The second kappa shape index (κ2) is 4.63. The van der Waals surface area contributed by atoms with Gasteiger partial charge in [-0.25, -0.2) is 5.43 Å². The Morgan fingerprint density at radius 1 is 1.24 bits per heavy atom. The Bertz CT molecular complexity index is 402. The molecule has 1 N–H and O–H groups in total. The van der Waals surface area contributed by atoms with Crippen LogP contribution in [0.15, 0.2) is 30.3 Å². The molecule has 1 heterocycles. The third-order valence-corrected chi connectivity index (χ3v) is 3.49. The van der Waals surface area contributed by atoms with Crippen LogP contribution < -0.4 is 5.43 Å². The molecule has 1 fully saturated rings. The van der Waals surface area contributed by atoms with Gasteiger partial charge in [0, 0.05) is 6.54 Å². The number of rotatable bonds is 3. The Balaban J connectivity index is 2.12. The highest BCUT2D eigenvalue weighted by molar-refractivity contribution is 7.80. The van der Waals surface area contributed by atoms with Gasteiger partial charge in [-0.1, -0.05) is 30.3 Å². The van der Waals surface area contributed by atoms with Gasteiger partial charge >= 0.3 is 0 Å². The first-order valence-corrected chi connectivity index (χ1v) is 6.36. The summed E-state index contributed by atoms with van der Waals surface area (Å²) in [5, 5.41) is 2.93. The zero-order valence-corrected chi connectivity index (χ0v) is 11.4. The SMILES string of the molecule is CCN1C(=S)N(Cc2ccccc2)NC1(C)C. The first kappa shape index (κ1) is 12.3. The number of benzene rings is 1. The lowest BCUT2D eigenvalue weighted by Gasteiger charge is -2.29. The molecule has 1 aromatic carbocycles. The van der Waals surface area contributed by atoms with Crippen molar-refractivity contribution in [1.29, 1.82) is 0 Å². The first-order valence-electron chi connectivity index (χ1n) is 5.95. The summed E-state index contributed by atoms with van der Waals surface area (Å²) in [6.07, 6.45) is 0. The van der Waals surface area contributed by atoms with Crippen molar-refractivity contribution in [1.82, 2.24) is 15.3 Å². The van der Waals surface area contributed by atoms with E-state index in [4.69, 9.17) is 12.2 Å². The molecule has 1 aromatic rings. The van der Waals surface area contributed by atoms with E-state index in [1.807, 2.05) is 11.1 Å². The Kier molecular flexibility index (Phi) is 3.35. The van der Waals surface area contributed by atoms with Crippen LogP contribution in [0.4, 0.5) is 0 Å². The van der Waals surface area contributed by atoms with Crippen LogP contribution in [0, 0.1) is 0 Å². The van der Waals surface area contributed by atoms with E-state index >= 15 is 0 Å². The fourth-order valence-corrected chi connectivity index (χ4v) is 2.69. The second-order valence-electron chi connectivity index (χ2n) is 4.77. The molecule has 0 amide bonds. The molecule has 0 saturated carbocycles. The van der Waals surface area contributed by atoms with Gasteiger partial charge in [0.25, 0.3) is 0 Å². The molecule has 0 unspecified atom stereocenters.